The van der Waals surface area contributed by atoms with Gasteiger partial charge in [-0.05, 0) is 49.9 Å². The molecule has 1 fully saturated rings. The largest absolute Gasteiger partial charge is 0.469 e. The van der Waals surface area contributed by atoms with Gasteiger partial charge in [0.1, 0.15) is 0 Å². The molecule has 2 aromatic rings. The van der Waals surface area contributed by atoms with Crippen LogP contribution in [0.15, 0.2) is 54.6 Å². The van der Waals surface area contributed by atoms with E-state index in [0.717, 1.165) is 12.0 Å². The Morgan fingerprint density at radius 1 is 1.07 bits per heavy atom. The molecule has 0 aromatic heterocycles. The molecule has 0 spiro atoms. The van der Waals surface area contributed by atoms with E-state index in [1.54, 1.807) is 38.1 Å². The standard InChI is InChI=1S/C24H28N2O4/c1-15-13-19(15)22(28)25-18-12-8-11-17(14-18)21(27)26-20(16-9-6-5-7-10-16)24(2,3)23(29)30-4/h5-12,14-15,19-20H,13H2,1-4H3,(H,25,28)(H,26,27)/t15-,19+,20+/m0/s1. The molecular weight excluding hydrogens is 380 g/mol. The molecule has 30 heavy (non-hydrogen) atoms. The number of ether oxygens (including phenoxy) is 1. The van der Waals surface area contributed by atoms with Crippen molar-refractivity contribution in [1.82, 2.24) is 5.32 Å². The summed E-state index contributed by atoms with van der Waals surface area (Å²) in [6.07, 6.45) is 0.896. The molecular formula is C24H28N2O4. The summed E-state index contributed by atoms with van der Waals surface area (Å²) in [4.78, 5) is 37.7. The lowest BCUT2D eigenvalue weighted by atomic mass is 9.80. The van der Waals surface area contributed by atoms with Crippen molar-refractivity contribution < 1.29 is 19.1 Å². The molecule has 2 aromatic carbocycles. The second kappa shape index (κ2) is 8.69. The number of benzene rings is 2. The fourth-order valence-electron chi connectivity index (χ4n) is 3.58. The Bertz CT molecular complexity index is 939. The molecule has 0 unspecified atom stereocenters. The lowest BCUT2D eigenvalue weighted by molar-refractivity contribution is -0.152. The third kappa shape index (κ3) is 4.70. The van der Waals surface area contributed by atoms with Crippen LogP contribution in [-0.2, 0) is 14.3 Å². The van der Waals surface area contributed by atoms with E-state index in [4.69, 9.17) is 4.74 Å². The molecule has 6 nitrogen and oxygen atoms in total. The average Bonchev–Trinajstić information content (AvgIpc) is 3.48. The van der Waals surface area contributed by atoms with Crippen LogP contribution < -0.4 is 10.6 Å². The molecule has 2 N–H and O–H groups in total. The van der Waals surface area contributed by atoms with E-state index in [0.29, 0.717) is 17.2 Å². The number of anilines is 1. The Hall–Kier alpha value is -3.15. The van der Waals surface area contributed by atoms with E-state index in [9.17, 15) is 14.4 Å². The minimum absolute atomic E-state index is 0.0194. The zero-order valence-electron chi connectivity index (χ0n) is 17.8. The summed E-state index contributed by atoms with van der Waals surface area (Å²) >= 11 is 0. The summed E-state index contributed by atoms with van der Waals surface area (Å²) in [5.41, 5.74) is 0.793. The van der Waals surface area contributed by atoms with Crippen molar-refractivity contribution in [2.45, 2.75) is 33.2 Å². The molecule has 0 heterocycles. The van der Waals surface area contributed by atoms with Crippen molar-refractivity contribution in [3.8, 4) is 0 Å². The highest BCUT2D eigenvalue weighted by Crippen LogP contribution is 2.38. The van der Waals surface area contributed by atoms with Crippen molar-refractivity contribution >= 4 is 23.5 Å². The van der Waals surface area contributed by atoms with Gasteiger partial charge >= 0.3 is 5.97 Å². The van der Waals surface area contributed by atoms with Crippen LogP contribution >= 0.6 is 0 Å². The van der Waals surface area contributed by atoms with E-state index in [-0.39, 0.29) is 17.7 Å². The minimum Gasteiger partial charge on any atom is -0.469 e. The molecule has 1 aliphatic rings. The van der Waals surface area contributed by atoms with E-state index in [2.05, 4.69) is 10.6 Å². The summed E-state index contributed by atoms with van der Waals surface area (Å²) < 4.78 is 4.97. The first-order valence-corrected chi connectivity index (χ1v) is 10.1. The van der Waals surface area contributed by atoms with Gasteiger partial charge in [-0.25, -0.2) is 0 Å². The number of carbonyl (C=O) groups excluding carboxylic acids is 3. The van der Waals surface area contributed by atoms with Gasteiger partial charge in [0, 0.05) is 17.2 Å². The second-order valence-electron chi connectivity index (χ2n) is 8.42. The van der Waals surface area contributed by atoms with Gasteiger partial charge in [-0.3, -0.25) is 14.4 Å². The molecule has 0 saturated heterocycles. The molecule has 2 amide bonds. The molecule has 6 heteroatoms. The van der Waals surface area contributed by atoms with Crippen LogP contribution in [0.1, 0.15) is 49.2 Å². The number of rotatable bonds is 7. The lowest BCUT2D eigenvalue weighted by Crippen LogP contribution is -2.43. The Balaban J connectivity index is 1.81. The smallest absolute Gasteiger partial charge is 0.313 e. The number of hydrogen-bond acceptors (Lipinski definition) is 4. The summed E-state index contributed by atoms with van der Waals surface area (Å²) in [6.45, 7) is 5.52. The third-order valence-corrected chi connectivity index (χ3v) is 5.68. The zero-order valence-corrected chi connectivity index (χ0v) is 17.8. The first kappa shape index (κ1) is 21.6. The van der Waals surface area contributed by atoms with Crippen molar-refractivity contribution in [3.63, 3.8) is 0 Å². The minimum atomic E-state index is -0.986. The van der Waals surface area contributed by atoms with Gasteiger partial charge in [-0.15, -0.1) is 0 Å². The van der Waals surface area contributed by atoms with Gasteiger partial charge in [0.2, 0.25) is 5.91 Å². The fraction of sp³-hybridized carbons (Fsp3) is 0.375. The number of carbonyl (C=O) groups is 3. The Morgan fingerprint density at radius 2 is 1.73 bits per heavy atom. The maximum absolute atomic E-state index is 13.0. The second-order valence-corrected chi connectivity index (χ2v) is 8.42. The van der Waals surface area contributed by atoms with E-state index >= 15 is 0 Å². The van der Waals surface area contributed by atoms with Gasteiger partial charge in [-0.2, -0.15) is 0 Å². The van der Waals surface area contributed by atoms with Gasteiger partial charge < -0.3 is 15.4 Å². The predicted octanol–water partition coefficient (Wildman–Crippen LogP) is 3.95. The van der Waals surface area contributed by atoms with Crippen LogP contribution in [0.2, 0.25) is 0 Å². The zero-order chi connectivity index (χ0) is 21.9. The van der Waals surface area contributed by atoms with Gasteiger partial charge in [0.05, 0.1) is 18.6 Å². The quantitative estimate of drug-likeness (QED) is 0.680. The van der Waals surface area contributed by atoms with Crippen LogP contribution in [0, 0.1) is 17.3 Å². The van der Waals surface area contributed by atoms with Crippen molar-refractivity contribution in [2.75, 3.05) is 12.4 Å². The first-order chi connectivity index (χ1) is 14.2. The van der Waals surface area contributed by atoms with E-state index < -0.39 is 17.4 Å². The summed E-state index contributed by atoms with van der Waals surface area (Å²) in [6, 6.07) is 15.5. The normalized spacial score (nSPS) is 18.8. The highest BCUT2D eigenvalue weighted by molar-refractivity contribution is 5.98. The summed E-state index contributed by atoms with van der Waals surface area (Å²) in [5.74, 6) is -0.323. The fourth-order valence-corrected chi connectivity index (χ4v) is 3.58. The number of amides is 2. The third-order valence-electron chi connectivity index (χ3n) is 5.68. The van der Waals surface area contributed by atoms with Crippen molar-refractivity contribution in [2.24, 2.45) is 17.3 Å². The average molecular weight is 408 g/mol. The Kier molecular flexibility index (Phi) is 6.25. The van der Waals surface area contributed by atoms with Crippen LogP contribution in [0.4, 0.5) is 5.69 Å². The van der Waals surface area contributed by atoms with E-state index in [1.807, 2.05) is 37.3 Å². The highest BCUT2D eigenvalue weighted by atomic mass is 16.5. The van der Waals surface area contributed by atoms with Gasteiger partial charge in [-0.1, -0.05) is 43.3 Å². The molecule has 1 saturated carbocycles. The monoisotopic (exact) mass is 408 g/mol. The molecule has 158 valence electrons. The van der Waals surface area contributed by atoms with Crippen LogP contribution in [0.3, 0.4) is 0 Å². The number of hydrogen-bond donors (Lipinski definition) is 2. The van der Waals surface area contributed by atoms with Crippen LogP contribution in [0.25, 0.3) is 0 Å². The Labute approximate surface area is 177 Å². The van der Waals surface area contributed by atoms with Gasteiger partial charge in [0.25, 0.3) is 5.91 Å². The van der Waals surface area contributed by atoms with Crippen molar-refractivity contribution in [1.29, 1.82) is 0 Å². The number of methoxy groups -OCH3 is 1. The van der Waals surface area contributed by atoms with Crippen LogP contribution in [-0.4, -0.2) is 24.9 Å². The molecule has 0 aliphatic heterocycles. The summed E-state index contributed by atoms with van der Waals surface area (Å²) in [7, 11) is 1.33. The molecule has 3 rings (SSSR count). The molecule has 1 aliphatic carbocycles. The lowest BCUT2D eigenvalue weighted by Gasteiger charge is -2.33. The maximum Gasteiger partial charge on any atom is 0.313 e. The van der Waals surface area contributed by atoms with E-state index in [1.165, 1.54) is 7.11 Å². The van der Waals surface area contributed by atoms with Gasteiger partial charge in [0.15, 0.2) is 0 Å². The predicted molar refractivity (Wildman–Crippen MR) is 115 cm³/mol. The Morgan fingerprint density at radius 3 is 2.33 bits per heavy atom. The SMILES string of the molecule is COC(=O)C(C)(C)[C@H](NC(=O)c1cccc(NC(=O)[C@@H]2C[C@@H]2C)c1)c1ccccc1. The van der Waals surface area contributed by atoms with Crippen molar-refractivity contribution in [3.05, 3.63) is 65.7 Å². The molecule has 0 radical (unpaired) electrons. The molecule has 3 atom stereocenters. The topological polar surface area (TPSA) is 84.5 Å². The molecule has 0 bridgehead atoms. The summed E-state index contributed by atoms with van der Waals surface area (Å²) in [5, 5.41) is 5.85. The van der Waals surface area contributed by atoms with Crippen LogP contribution in [0.5, 0.6) is 0 Å². The maximum atomic E-state index is 13.0. The first-order valence-electron chi connectivity index (χ1n) is 10.1. The number of nitrogens with one attached hydrogen (secondary N) is 2. The highest BCUT2D eigenvalue weighted by Gasteiger charge is 2.40. The number of esters is 1.